The highest BCUT2D eigenvalue weighted by molar-refractivity contribution is 7.16. The van der Waals surface area contributed by atoms with Gasteiger partial charge in [-0.1, -0.05) is 52.2 Å². The second kappa shape index (κ2) is 21.7. The van der Waals surface area contributed by atoms with E-state index in [0.29, 0.717) is 49.5 Å². The number of aliphatic carboxylic acids is 1. The van der Waals surface area contributed by atoms with Crippen LogP contribution >= 0.6 is 9.24 Å². The van der Waals surface area contributed by atoms with Crippen LogP contribution in [0.1, 0.15) is 41.5 Å². The van der Waals surface area contributed by atoms with Gasteiger partial charge in [-0.25, -0.2) is 13.2 Å². The molecule has 2 aliphatic heterocycles. The smallest absolute Gasteiger partial charge is 0.391 e. The van der Waals surface area contributed by atoms with Crippen LogP contribution in [0, 0.1) is 18.7 Å². The molecule has 4 aromatic carbocycles. The number of benzene rings is 4. The molecule has 2 saturated heterocycles. The number of nitrogens with zero attached hydrogens (tertiary/aromatic N) is 3. The van der Waals surface area contributed by atoms with Gasteiger partial charge in [0.1, 0.15) is 17.3 Å². The van der Waals surface area contributed by atoms with Gasteiger partial charge < -0.3 is 35.0 Å². The average molecular weight is 849 g/mol. The van der Waals surface area contributed by atoms with Crippen LogP contribution in [-0.4, -0.2) is 100 Å². The molecule has 0 bridgehead atoms. The van der Waals surface area contributed by atoms with Gasteiger partial charge >= 0.3 is 12.1 Å². The van der Waals surface area contributed by atoms with Crippen LogP contribution < -0.4 is 20.1 Å². The number of piperidine rings is 1. The van der Waals surface area contributed by atoms with E-state index >= 15 is 0 Å². The highest BCUT2D eigenvalue weighted by atomic mass is 31.0. The normalized spacial score (nSPS) is 15.3. The zero-order valence-corrected chi connectivity index (χ0v) is 35.2. The summed E-state index contributed by atoms with van der Waals surface area (Å²) in [6, 6.07) is 19.3. The molecule has 0 radical (unpaired) electrons. The number of carbonyl (C=O) groups is 1. The number of carboxylic acid groups (broad SMARTS) is 1. The van der Waals surface area contributed by atoms with Crippen molar-refractivity contribution in [3.05, 3.63) is 95.3 Å². The molecule has 59 heavy (non-hydrogen) atoms. The fourth-order valence-electron chi connectivity index (χ4n) is 7.58. The molecule has 3 N–H and O–H groups in total. The van der Waals surface area contributed by atoms with Crippen molar-refractivity contribution >= 4 is 37.4 Å². The number of fused-ring (bicyclic) bond motifs is 1. The molecule has 8 nitrogen and oxygen atoms in total. The Morgan fingerprint density at radius 1 is 0.932 bits per heavy atom. The summed E-state index contributed by atoms with van der Waals surface area (Å²) in [4.78, 5) is 17.7. The van der Waals surface area contributed by atoms with E-state index in [4.69, 9.17) is 20.3 Å². The molecule has 322 valence electrons. The maximum Gasteiger partial charge on any atom is 0.391 e. The lowest BCUT2D eigenvalue weighted by atomic mass is 9.92. The molecule has 2 fully saturated rings. The Balaban J connectivity index is 0.000000290. The van der Waals surface area contributed by atoms with Crippen LogP contribution in [0.15, 0.2) is 67.2 Å². The van der Waals surface area contributed by atoms with Gasteiger partial charge in [0.25, 0.3) is 0 Å². The number of anilines is 1. The number of alkyl halides is 5. The summed E-state index contributed by atoms with van der Waals surface area (Å²) in [6.45, 7) is 10.9. The standard InChI is InChI=1S/C29H32F3NO4.C14H20FN3.CH3F2P/c1-36-25-17-19(11-14-33-15-12-21(13-16-33)29(30,31)32)18-26(37-2)28(25)24-8-4-6-22-20(9-10-27(34)35)5-3-7-23(22)24;1-10-8-12(9-13(15)14(10)11(2)16)18-6-4-17(3)5-7-18;2-1(3)4/h3-8,17-18,21H,9-16H2,1-2H3,(H,34,35);8-9H,2,4-7,16H2,1,3H3;1H,4H2. The minimum Gasteiger partial charge on any atom is -0.496 e. The first-order valence-corrected chi connectivity index (χ1v) is 20.1. The third-order valence-electron chi connectivity index (χ3n) is 10.7. The summed E-state index contributed by atoms with van der Waals surface area (Å²) in [5, 5.41) is 11.1. The molecule has 0 spiro atoms. The molecule has 0 saturated carbocycles. The first-order chi connectivity index (χ1) is 27.9. The molecule has 0 amide bonds. The van der Waals surface area contributed by atoms with Crippen molar-refractivity contribution in [2.24, 2.45) is 11.7 Å². The van der Waals surface area contributed by atoms with Crippen molar-refractivity contribution in [3.8, 4) is 22.6 Å². The second-order valence-corrected chi connectivity index (χ2v) is 15.3. The summed E-state index contributed by atoms with van der Waals surface area (Å²) in [5.41, 5.74) is 11.8. The first-order valence-electron chi connectivity index (χ1n) is 19.4. The number of piperazine rings is 1. The van der Waals surface area contributed by atoms with Gasteiger partial charge in [-0.2, -0.15) is 13.2 Å². The maximum absolute atomic E-state index is 14.0. The van der Waals surface area contributed by atoms with Gasteiger partial charge in [0.05, 0.1) is 25.7 Å². The number of ether oxygens (including phenoxy) is 2. The number of hydrogen-bond acceptors (Lipinski definition) is 7. The van der Waals surface area contributed by atoms with Gasteiger partial charge in [-0.3, -0.25) is 4.79 Å². The Morgan fingerprint density at radius 3 is 2.03 bits per heavy atom. The number of carboxylic acids is 1. The van der Waals surface area contributed by atoms with Gasteiger partial charge in [0, 0.05) is 56.1 Å². The number of aryl methyl sites for hydroxylation is 2. The zero-order chi connectivity index (χ0) is 43.4. The van der Waals surface area contributed by atoms with Crippen LogP contribution in [0.3, 0.4) is 0 Å². The molecular weight excluding hydrogens is 793 g/mol. The van der Waals surface area contributed by atoms with E-state index in [2.05, 4.69) is 28.3 Å². The number of hydrogen-bond donors (Lipinski definition) is 2. The molecule has 15 heteroatoms. The van der Waals surface area contributed by atoms with Crippen LogP contribution in [0.5, 0.6) is 11.5 Å². The van der Waals surface area contributed by atoms with Crippen LogP contribution in [0.4, 0.5) is 32.0 Å². The number of halogens is 6. The van der Waals surface area contributed by atoms with Gasteiger partial charge in [-0.15, -0.1) is 0 Å². The molecule has 2 heterocycles. The molecule has 0 aliphatic carbocycles. The fourth-order valence-corrected chi connectivity index (χ4v) is 7.58. The van der Waals surface area contributed by atoms with E-state index in [1.165, 1.54) is 9.24 Å². The molecule has 0 aromatic heterocycles. The summed E-state index contributed by atoms with van der Waals surface area (Å²) in [6.07, 6.45) is -4.92. The third-order valence-corrected chi connectivity index (χ3v) is 10.7. The van der Waals surface area contributed by atoms with E-state index in [0.717, 1.165) is 70.5 Å². The average Bonchev–Trinajstić information content (AvgIpc) is 3.18. The molecule has 1 unspecified atom stereocenters. The van der Waals surface area contributed by atoms with Crippen molar-refractivity contribution < 1.29 is 45.7 Å². The third kappa shape index (κ3) is 13.2. The predicted octanol–water partition coefficient (Wildman–Crippen LogP) is 9.26. The lowest BCUT2D eigenvalue weighted by Gasteiger charge is -2.34. The summed E-state index contributed by atoms with van der Waals surface area (Å²) < 4.78 is 85.1. The lowest BCUT2D eigenvalue weighted by Crippen LogP contribution is -2.44. The Hall–Kier alpha value is -4.52. The minimum absolute atomic E-state index is 0.0541. The van der Waals surface area contributed by atoms with Crippen molar-refractivity contribution in [2.75, 3.05) is 72.0 Å². The van der Waals surface area contributed by atoms with E-state index in [9.17, 15) is 31.1 Å². The Labute approximate surface area is 345 Å². The molecular formula is C44H55F6N4O4P. The van der Waals surface area contributed by atoms with Gasteiger partial charge in [0.2, 0.25) is 6.17 Å². The van der Waals surface area contributed by atoms with Crippen LogP contribution in [0.2, 0.25) is 0 Å². The second-order valence-electron chi connectivity index (χ2n) is 14.8. The van der Waals surface area contributed by atoms with E-state index in [-0.39, 0.29) is 30.8 Å². The topological polar surface area (TPSA) is 91.5 Å². The van der Waals surface area contributed by atoms with Crippen molar-refractivity contribution in [1.29, 1.82) is 0 Å². The van der Waals surface area contributed by atoms with Crippen molar-refractivity contribution in [1.82, 2.24) is 9.80 Å². The van der Waals surface area contributed by atoms with Crippen LogP contribution in [0.25, 0.3) is 27.6 Å². The van der Waals surface area contributed by atoms with Crippen molar-refractivity contribution in [3.63, 3.8) is 0 Å². The molecule has 6 rings (SSSR count). The number of rotatable bonds is 11. The maximum atomic E-state index is 14.0. The fraction of sp³-hybridized carbons (Fsp3) is 0.432. The number of likely N-dealkylation sites (tertiary alicyclic amines) is 1. The highest BCUT2D eigenvalue weighted by Gasteiger charge is 2.41. The SMILES string of the molecule is C=C(N)c1c(C)cc(N2CCN(C)CC2)cc1F.COc1cc(CCN2CCC(C(F)(F)F)CC2)cc(OC)c1-c1cccc2c(CCC(=O)O)cccc12.FC(F)P. The van der Waals surface area contributed by atoms with Crippen molar-refractivity contribution in [2.45, 2.75) is 51.4 Å². The van der Waals surface area contributed by atoms with Gasteiger partial charge in [0.15, 0.2) is 0 Å². The summed E-state index contributed by atoms with van der Waals surface area (Å²) >= 11 is 0. The molecule has 4 aromatic rings. The summed E-state index contributed by atoms with van der Waals surface area (Å²) in [5.74, 6) is -1.02. The molecule has 2 aliphatic rings. The summed E-state index contributed by atoms with van der Waals surface area (Å²) in [7, 11) is 6.64. The largest absolute Gasteiger partial charge is 0.496 e. The number of likely N-dealkylation sites (N-methyl/N-ethyl adjacent to an activating group) is 1. The highest BCUT2D eigenvalue weighted by Crippen LogP contribution is 2.43. The van der Waals surface area contributed by atoms with E-state index in [1.807, 2.05) is 61.5 Å². The van der Waals surface area contributed by atoms with Crippen LogP contribution in [-0.2, 0) is 17.6 Å². The number of methoxy groups -OCH3 is 2. The quantitative estimate of drug-likeness (QED) is 0.114. The lowest BCUT2D eigenvalue weighted by molar-refractivity contribution is -0.185. The molecule has 1 atom stereocenters. The first kappa shape index (κ1) is 47.2. The monoisotopic (exact) mass is 848 g/mol. The number of nitrogens with two attached hydrogens (primary N) is 1. The predicted molar refractivity (Wildman–Crippen MR) is 227 cm³/mol. The Kier molecular flexibility index (Phi) is 17.3. The van der Waals surface area contributed by atoms with E-state index < -0.39 is 24.2 Å². The van der Waals surface area contributed by atoms with Gasteiger partial charge in [-0.05, 0) is 110 Å². The Bertz CT molecular complexity index is 1980. The van der Waals surface area contributed by atoms with E-state index in [1.54, 1.807) is 20.3 Å². The minimum atomic E-state index is -4.11. The zero-order valence-electron chi connectivity index (χ0n) is 34.1. The Morgan fingerprint density at radius 2 is 1.51 bits per heavy atom.